The monoisotopic (exact) mass is 518 g/mol. The molecule has 0 spiro atoms. The zero-order chi connectivity index (χ0) is 26.2. The fourth-order valence-electron chi connectivity index (χ4n) is 10.0. The molecule has 0 bridgehead atoms. The highest BCUT2D eigenvalue weighted by molar-refractivity contribution is 5.85. The fourth-order valence-corrected chi connectivity index (χ4v) is 10.0. The minimum absolute atomic E-state index is 0.166. The molecule has 1 saturated heterocycles. The van der Waals surface area contributed by atoms with Crippen molar-refractivity contribution < 1.29 is 34.0 Å². The molecule has 4 aliphatic carbocycles. The van der Waals surface area contributed by atoms with Crippen LogP contribution in [0, 0.1) is 34.5 Å². The van der Waals surface area contributed by atoms with E-state index in [0.717, 1.165) is 63.4 Å². The van der Waals surface area contributed by atoms with Gasteiger partial charge in [-0.25, -0.2) is 4.79 Å². The van der Waals surface area contributed by atoms with Gasteiger partial charge in [0.1, 0.15) is 12.7 Å². The molecule has 0 unspecified atom stereocenters. The minimum atomic E-state index is -0.670. The van der Waals surface area contributed by atoms with Crippen LogP contribution >= 0.6 is 0 Å². The van der Waals surface area contributed by atoms with E-state index in [0.29, 0.717) is 30.8 Å². The van der Waals surface area contributed by atoms with Crippen molar-refractivity contribution >= 4 is 5.97 Å². The van der Waals surface area contributed by atoms with Crippen molar-refractivity contribution in [3.63, 3.8) is 0 Å². The molecule has 6 aliphatic rings. The highest BCUT2D eigenvalue weighted by atomic mass is 16.7. The predicted octanol–water partition coefficient (Wildman–Crippen LogP) is 4.14. The number of hydrogen-bond donors (Lipinski definition) is 2. The van der Waals surface area contributed by atoms with Crippen LogP contribution in [0.4, 0.5) is 0 Å². The lowest BCUT2D eigenvalue weighted by Gasteiger charge is -2.64. The van der Waals surface area contributed by atoms with Gasteiger partial charge in [-0.1, -0.05) is 13.8 Å². The summed E-state index contributed by atoms with van der Waals surface area (Å²) in [5.74, 6) is 1.45. The maximum Gasteiger partial charge on any atom is 0.331 e. The number of fused-ring (bicyclic) bond motifs is 5. The number of carbonyl (C=O) groups excluding carboxylic acids is 1. The van der Waals surface area contributed by atoms with Crippen molar-refractivity contribution in [2.24, 2.45) is 34.5 Å². The summed E-state index contributed by atoms with van der Waals surface area (Å²) >= 11 is 0. The van der Waals surface area contributed by atoms with Gasteiger partial charge in [0.15, 0.2) is 6.29 Å². The van der Waals surface area contributed by atoms with E-state index in [9.17, 15) is 15.0 Å². The SMILES string of the molecule is CO[C@H]1C[C@@H](O[C@H]2CC[C@@]3(C)[C@@H](CC[C@H]4[C@H]3CC[C@]3(C)[C@H](C5=CC(=O)OC5)CC[C@]43O)C2)O[C@H](C)[C@H]1O. The van der Waals surface area contributed by atoms with Crippen LogP contribution < -0.4 is 0 Å². The van der Waals surface area contributed by atoms with Crippen molar-refractivity contribution in [2.45, 2.75) is 121 Å². The second-order valence-electron chi connectivity index (χ2n) is 13.6. The van der Waals surface area contributed by atoms with E-state index >= 15 is 0 Å². The molecule has 7 heteroatoms. The number of esters is 1. The van der Waals surface area contributed by atoms with Gasteiger partial charge in [0, 0.05) is 25.0 Å². The Bertz CT molecular complexity index is 935. The van der Waals surface area contributed by atoms with Gasteiger partial charge in [-0.15, -0.1) is 0 Å². The number of methoxy groups -OCH3 is 1. The van der Waals surface area contributed by atoms with Crippen LogP contribution in [0.2, 0.25) is 0 Å². The second kappa shape index (κ2) is 9.29. The Morgan fingerprint density at radius 1 is 1.03 bits per heavy atom. The first-order valence-electron chi connectivity index (χ1n) is 14.7. The van der Waals surface area contributed by atoms with Crippen molar-refractivity contribution in [3.8, 4) is 0 Å². The molecule has 5 fully saturated rings. The van der Waals surface area contributed by atoms with Gasteiger partial charge in [-0.05, 0) is 99.4 Å². The highest BCUT2D eigenvalue weighted by Crippen LogP contribution is 2.70. The van der Waals surface area contributed by atoms with Crippen LogP contribution in [0.25, 0.3) is 0 Å². The lowest BCUT2D eigenvalue weighted by Crippen LogP contribution is -2.62. The average Bonchev–Trinajstić information content (AvgIpc) is 3.41. The summed E-state index contributed by atoms with van der Waals surface area (Å²) in [6.07, 6.45) is 10.2. The summed E-state index contributed by atoms with van der Waals surface area (Å²) in [6, 6.07) is 0. The predicted molar refractivity (Wildman–Crippen MR) is 136 cm³/mol. The van der Waals surface area contributed by atoms with Crippen molar-refractivity contribution in [1.82, 2.24) is 0 Å². The molecular weight excluding hydrogens is 472 g/mol. The largest absolute Gasteiger partial charge is 0.458 e. The Balaban J connectivity index is 1.15. The molecule has 0 amide bonds. The molecule has 2 heterocycles. The first-order valence-corrected chi connectivity index (χ1v) is 14.7. The van der Waals surface area contributed by atoms with E-state index in [4.69, 9.17) is 18.9 Å². The van der Waals surface area contributed by atoms with Crippen LogP contribution in [0.3, 0.4) is 0 Å². The van der Waals surface area contributed by atoms with E-state index in [2.05, 4.69) is 13.8 Å². The van der Waals surface area contributed by atoms with E-state index in [1.807, 2.05) is 6.92 Å². The zero-order valence-corrected chi connectivity index (χ0v) is 23.0. The summed E-state index contributed by atoms with van der Waals surface area (Å²) in [7, 11) is 1.64. The van der Waals surface area contributed by atoms with Gasteiger partial charge in [-0.3, -0.25) is 0 Å². The molecular formula is C30H46O7. The number of hydrogen-bond acceptors (Lipinski definition) is 7. The first kappa shape index (κ1) is 26.2. The molecule has 37 heavy (non-hydrogen) atoms. The van der Waals surface area contributed by atoms with Gasteiger partial charge >= 0.3 is 5.97 Å². The molecule has 0 radical (unpaired) electrons. The Morgan fingerprint density at radius 3 is 2.57 bits per heavy atom. The standard InChI is InChI=1S/C30H46O7/c1-17-27(32)24(34-4)15-26(36-17)37-20-7-10-28(2)19(14-20)5-6-23-22(28)8-11-29(3)21(9-12-30(23,29)33)18-13-25(31)35-16-18/h13,17,19-24,26-27,32-33H,5-12,14-16H2,1-4H3/t17-,19+,20+,21+,22-,23+,24+,26-,27-,28+,29-,30+/m1/s1. The normalized spacial score (nSPS) is 53.6. The summed E-state index contributed by atoms with van der Waals surface area (Å²) in [4.78, 5) is 11.8. The van der Waals surface area contributed by atoms with E-state index in [1.165, 1.54) is 0 Å². The third-order valence-electron chi connectivity index (χ3n) is 12.2. The van der Waals surface area contributed by atoms with Gasteiger partial charge in [0.25, 0.3) is 0 Å². The Labute approximate surface area is 221 Å². The van der Waals surface area contributed by atoms with E-state index < -0.39 is 11.7 Å². The lowest BCUT2D eigenvalue weighted by molar-refractivity contribution is -0.273. The van der Waals surface area contributed by atoms with Crippen LogP contribution in [0.1, 0.15) is 85.0 Å². The van der Waals surface area contributed by atoms with E-state index in [-0.39, 0.29) is 47.3 Å². The smallest absolute Gasteiger partial charge is 0.331 e. The number of ether oxygens (including phenoxy) is 4. The summed E-state index contributed by atoms with van der Waals surface area (Å²) in [5.41, 5.74) is 0.461. The third kappa shape index (κ3) is 3.97. The van der Waals surface area contributed by atoms with Gasteiger partial charge < -0.3 is 29.2 Å². The van der Waals surface area contributed by atoms with Gasteiger partial charge in [-0.2, -0.15) is 0 Å². The molecule has 0 aromatic rings. The maximum atomic E-state index is 12.4. The summed E-state index contributed by atoms with van der Waals surface area (Å²) < 4.78 is 23.2. The molecule has 0 aromatic carbocycles. The Morgan fingerprint density at radius 2 is 1.84 bits per heavy atom. The number of aliphatic hydroxyl groups is 2. The average molecular weight is 519 g/mol. The number of aliphatic hydroxyl groups excluding tert-OH is 1. The highest BCUT2D eigenvalue weighted by Gasteiger charge is 2.67. The first-order chi connectivity index (χ1) is 17.6. The second-order valence-corrected chi connectivity index (χ2v) is 13.6. The molecule has 4 saturated carbocycles. The molecule has 0 aromatic heterocycles. The third-order valence-corrected chi connectivity index (χ3v) is 12.2. The quantitative estimate of drug-likeness (QED) is 0.427. The van der Waals surface area contributed by atoms with Crippen LogP contribution in [0.5, 0.6) is 0 Å². The van der Waals surface area contributed by atoms with Crippen molar-refractivity contribution in [1.29, 1.82) is 0 Å². The molecule has 12 atom stereocenters. The molecule has 2 N–H and O–H groups in total. The van der Waals surface area contributed by atoms with Gasteiger partial charge in [0.05, 0.1) is 23.9 Å². The van der Waals surface area contributed by atoms with Crippen LogP contribution in [0.15, 0.2) is 11.6 Å². The number of cyclic esters (lactones) is 1. The molecule has 7 nitrogen and oxygen atoms in total. The Hall–Kier alpha value is -0.990. The van der Waals surface area contributed by atoms with Crippen molar-refractivity contribution in [3.05, 3.63) is 11.6 Å². The maximum absolute atomic E-state index is 12.4. The molecule has 208 valence electrons. The summed E-state index contributed by atoms with van der Waals surface area (Å²) in [5, 5.41) is 22.7. The number of carbonyl (C=O) groups is 1. The molecule has 6 rings (SSSR count). The van der Waals surface area contributed by atoms with Crippen LogP contribution in [-0.4, -0.2) is 66.2 Å². The molecule has 2 aliphatic heterocycles. The topological polar surface area (TPSA) is 94.5 Å². The zero-order valence-electron chi connectivity index (χ0n) is 23.0. The van der Waals surface area contributed by atoms with Crippen molar-refractivity contribution in [2.75, 3.05) is 13.7 Å². The lowest BCUT2D eigenvalue weighted by atomic mass is 9.43. The number of rotatable bonds is 4. The van der Waals surface area contributed by atoms with Gasteiger partial charge in [0.2, 0.25) is 0 Å². The Kier molecular flexibility index (Phi) is 6.59. The van der Waals surface area contributed by atoms with E-state index in [1.54, 1.807) is 13.2 Å². The van der Waals surface area contributed by atoms with Crippen LogP contribution in [-0.2, 0) is 23.7 Å². The summed E-state index contributed by atoms with van der Waals surface area (Å²) in [6.45, 7) is 7.07. The fraction of sp³-hybridized carbons (Fsp3) is 0.900. The minimum Gasteiger partial charge on any atom is -0.458 e.